The number of carboxylic acids is 1. The number of carboxylic acid groups (broad SMARTS) is 1. The lowest BCUT2D eigenvalue weighted by Crippen LogP contribution is -2.44. The molecule has 3 rings (SSSR count). The first kappa shape index (κ1) is 21.6. The summed E-state index contributed by atoms with van der Waals surface area (Å²) in [5.41, 5.74) is 3.87. The molecule has 0 bridgehead atoms. The van der Waals surface area contributed by atoms with Gasteiger partial charge in [0.15, 0.2) is 0 Å². The fraction of sp³-hybridized carbons (Fsp3) is 0.364. The summed E-state index contributed by atoms with van der Waals surface area (Å²) in [5, 5.41) is 25.5. The number of carbonyl (C=O) groups is 1. The molecule has 8 heteroatoms. The van der Waals surface area contributed by atoms with E-state index in [2.05, 4.69) is 20.6 Å². The number of hydroxylamine groups is 2. The van der Waals surface area contributed by atoms with E-state index < -0.39 is 12.0 Å². The first-order chi connectivity index (χ1) is 14.5. The molecule has 8 nitrogen and oxygen atoms in total. The second-order valence-electron chi connectivity index (χ2n) is 7.41. The van der Waals surface area contributed by atoms with Crippen LogP contribution in [0.15, 0.2) is 48.5 Å². The van der Waals surface area contributed by atoms with Crippen LogP contribution in [0.3, 0.4) is 0 Å². The van der Waals surface area contributed by atoms with E-state index in [1.165, 1.54) is 0 Å². The zero-order chi connectivity index (χ0) is 21.5. The number of hydrogen-bond acceptors (Lipinski definition) is 6. The zero-order valence-electron chi connectivity index (χ0n) is 17.4. The number of nitrogens with zero attached hydrogens (tertiary/aromatic N) is 4. The normalized spacial score (nSPS) is 12.4. The molecule has 0 unspecified atom stereocenters. The molecule has 0 amide bonds. The zero-order valence-corrected chi connectivity index (χ0v) is 17.4. The van der Waals surface area contributed by atoms with Crippen molar-refractivity contribution in [1.29, 1.82) is 0 Å². The molecule has 30 heavy (non-hydrogen) atoms. The SMILES string of the molecule is CCCON(Cc1ccc(-c2ccccc2-c2nn[nH]n2)cc1)[C@H](C(=O)O)C(C)C. The van der Waals surface area contributed by atoms with Crippen molar-refractivity contribution in [1.82, 2.24) is 25.7 Å². The van der Waals surface area contributed by atoms with Gasteiger partial charge in [0.1, 0.15) is 6.04 Å². The van der Waals surface area contributed by atoms with Gasteiger partial charge >= 0.3 is 5.97 Å². The summed E-state index contributed by atoms with van der Waals surface area (Å²) in [5.74, 6) is -0.428. The molecule has 158 valence electrons. The second-order valence-corrected chi connectivity index (χ2v) is 7.41. The highest BCUT2D eigenvalue weighted by Gasteiger charge is 2.29. The third-order valence-electron chi connectivity index (χ3n) is 4.77. The van der Waals surface area contributed by atoms with Crippen molar-refractivity contribution < 1.29 is 14.7 Å². The predicted octanol–water partition coefficient (Wildman–Crippen LogP) is 3.79. The topological polar surface area (TPSA) is 104 Å². The lowest BCUT2D eigenvalue weighted by Gasteiger charge is -2.30. The first-order valence-corrected chi connectivity index (χ1v) is 10.1. The summed E-state index contributed by atoms with van der Waals surface area (Å²) >= 11 is 0. The Labute approximate surface area is 175 Å². The van der Waals surface area contributed by atoms with E-state index in [1.807, 2.05) is 69.3 Å². The van der Waals surface area contributed by atoms with Crippen molar-refractivity contribution in [2.24, 2.45) is 5.92 Å². The molecular weight excluding hydrogens is 382 g/mol. The molecule has 0 aliphatic heterocycles. The van der Waals surface area contributed by atoms with Crippen LogP contribution in [0.4, 0.5) is 0 Å². The molecule has 1 aromatic heterocycles. The van der Waals surface area contributed by atoms with E-state index in [4.69, 9.17) is 4.84 Å². The monoisotopic (exact) mass is 409 g/mol. The minimum absolute atomic E-state index is 0.0829. The van der Waals surface area contributed by atoms with E-state index >= 15 is 0 Å². The minimum Gasteiger partial charge on any atom is -0.480 e. The molecule has 0 aliphatic carbocycles. The molecule has 2 aromatic carbocycles. The molecule has 0 saturated heterocycles. The van der Waals surface area contributed by atoms with Gasteiger partial charge in [-0.25, -0.2) is 0 Å². The minimum atomic E-state index is -0.883. The number of rotatable bonds is 10. The number of hydrogen-bond donors (Lipinski definition) is 2. The van der Waals surface area contributed by atoms with Crippen molar-refractivity contribution >= 4 is 5.97 Å². The highest BCUT2D eigenvalue weighted by atomic mass is 16.7. The third kappa shape index (κ3) is 5.08. The van der Waals surface area contributed by atoms with E-state index in [-0.39, 0.29) is 5.92 Å². The average molecular weight is 409 g/mol. The van der Waals surface area contributed by atoms with Crippen LogP contribution in [0.5, 0.6) is 0 Å². The van der Waals surface area contributed by atoms with Crippen LogP contribution in [0.25, 0.3) is 22.5 Å². The number of aromatic amines is 1. The van der Waals surface area contributed by atoms with Crippen molar-refractivity contribution in [2.75, 3.05) is 6.61 Å². The third-order valence-corrected chi connectivity index (χ3v) is 4.77. The maximum Gasteiger partial charge on any atom is 0.323 e. The van der Waals surface area contributed by atoms with Gasteiger partial charge in [0.2, 0.25) is 5.82 Å². The van der Waals surface area contributed by atoms with Crippen LogP contribution in [0.1, 0.15) is 32.8 Å². The molecule has 1 atom stereocenters. The summed E-state index contributed by atoms with van der Waals surface area (Å²) in [7, 11) is 0. The number of tetrazole rings is 1. The van der Waals surface area contributed by atoms with Gasteiger partial charge in [0.25, 0.3) is 0 Å². The highest BCUT2D eigenvalue weighted by molar-refractivity contribution is 5.80. The molecule has 1 heterocycles. The Kier molecular flexibility index (Phi) is 7.26. The molecule has 3 aromatic rings. The second kappa shape index (κ2) is 10.1. The fourth-order valence-corrected chi connectivity index (χ4v) is 3.35. The molecule has 2 N–H and O–H groups in total. The maximum absolute atomic E-state index is 11.8. The summed E-state index contributed by atoms with van der Waals surface area (Å²) in [6, 6.07) is 15.2. The standard InChI is InChI=1S/C22H27N5O3/c1-4-13-30-27(20(15(2)3)22(28)29)14-16-9-11-17(12-10-16)18-7-5-6-8-19(18)21-23-25-26-24-21/h5-12,15,20H,4,13-14H2,1-3H3,(H,28,29)(H,23,24,25,26)/t20-/m0/s1. The van der Waals surface area contributed by atoms with Crippen LogP contribution in [0, 0.1) is 5.92 Å². The summed E-state index contributed by atoms with van der Waals surface area (Å²) in [6.45, 7) is 6.64. The van der Waals surface area contributed by atoms with Gasteiger partial charge in [0, 0.05) is 5.56 Å². The molecule has 0 aliphatic rings. The van der Waals surface area contributed by atoms with Gasteiger partial charge in [-0.2, -0.15) is 10.3 Å². The van der Waals surface area contributed by atoms with Gasteiger partial charge in [-0.3, -0.25) is 9.63 Å². The first-order valence-electron chi connectivity index (χ1n) is 10.1. The lowest BCUT2D eigenvalue weighted by molar-refractivity contribution is -0.211. The van der Waals surface area contributed by atoms with Crippen LogP contribution in [-0.4, -0.2) is 49.4 Å². The largest absolute Gasteiger partial charge is 0.480 e. The van der Waals surface area contributed by atoms with Crippen LogP contribution in [-0.2, 0) is 16.2 Å². The van der Waals surface area contributed by atoms with Crippen LogP contribution < -0.4 is 0 Å². The summed E-state index contributed by atoms with van der Waals surface area (Å²) in [6.07, 6.45) is 0.812. The van der Waals surface area contributed by atoms with E-state index in [1.54, 1.807) is 5.06 Å². The fourth-order valence-electron chi connectivity index (χ4n) is 3.35. The predicted molar refractivity (Wildman–Crippen MR) is 113 cm³/mol. The van der Waals surface area contributed by atoms with E-state index in [9.17, 15) is 9.90 Å². The van der Waals surface area contributed by atoms with Crippen LogP contribution in [0.2, 0.25) is 0 Å². The summed E-state index contributed by atoms with van der Waals surface area (Å²) in [4.78, 5) is 17.6. The highest BCUT2D eigenvalue weighted by Crippen LogP contribution is 2.30. The quantitative estimate of drug-likeness (QED) is 0.491. The smallest absolute Gasteiger partial charge is 0.323 e. The van der Waals surface area contributed by atoms with Crippen molar-refractivity contribution in [3.05, 3.63) is 54.1 Å². The number of H-pyrrole nitrogens is 1. The average Bonchev–Trinajstić information content (AvgIpc) is 3.27. The number of aromatic nitrogens is 4. The van der Waals surface area contributed by atoms with Crippen molar-refractivity contribution in [2.45, 2.75) is 39.8 Å². The van der Waals surface area contributed by atoms with Crippen molar-refractivity contribution in [3.63, 3.8) is 0 Å². The Morgan fingerprint density at radius 2 is 1.83 bits per heavy atom. The number of nitrogens with one attached hydrogen (secondary N) is 1. The number of benzene rings is 2. The van der Waals surface area contributed by atoms with Gasteiger partial charge in [0.05, 0.1) is 13.2 Å². The Morgan fingerprint density at radius 1 is 1.13 bits per heavy atom. The molecule has 0 fully saturated rings. The van der Waals surface area contributed by atoms with Gasteiger partial charge in [-0.15, -0.1) is 10.2 Å². The lowest BCUT2D eigenvalue weighted by atomic mass is 9.98. The van der Waals surface area contributed by atoms with Gasteiger partial charge in [-0.1, -0.05) is 69.3 Å². The van der Waals surface area contributed by atoms with Gasteiger partial charge in [-0.05, 0) is 34.2 Å². The molecule has 0 saturated carbocycles. The molecular formula is C22H27N5O3. The maximum atomic E-state index is 11.8. The Balaban J connectivity index is 1.84. The Morgan fingerprint density at radius 3 is 2.40 bits per heavy atom. The summed E-state index contributed by atoms with van der Waals surface area (Å²) < 4.78 is 0. The molecule has 0 spiro atoms. The van der Waals surface area contributed by atoms with E-state index in [0.717, 1.165) is 28.7 Å². The Bertz CT molecular complexity index is 942. The van der Waals surface area contributed by atoms with Gasteiger partial charge < -0.3 is 5.11 Å². The van der Waals surface area contributed by atoms with Crippen molar-refractivity contribution in [3.8, 4) is 22.5 Å². The number of aliphatic carboxylic acids is 1. The van der Waals surface area contributed by atoms with Crippen LogP contribution >= 0.6 is 0 Å². The molecule has 0 radical (unpaired) electrons. The van der Waals surface area contributed by atoms with E-state index in [0.29, 0.717) is 19.0 Å². The Hall–Kier alpha value is -3.10.